The van der Waals surface area contributed by atoms with E-state index in [1.165, 1.54) is 6.08 Å². The zero-order valence-corrected chi connectivity index (χ0v) is 28.2. The minimum absolute atomic E-state index is 0.244. The molecule has 1 aliphatic rings. The maximum absolute atomic E-state index is 11.8. The summed E-state index contributed by atoms with van der Waals surface area (Å²) in [6, 6.07) is -0.941. The van der Waals surface area contributed by atoms with Gasteiger partial charge in [-0.05, 0) is 39.7 Å². The minimum Gasteiger partial charge on any atom is -0.480 e. The molecule has 1 saturated heterocycles. The number of carboxylic acid groups (broad SMARTS) is 1. The minimum atomic E-state index is -1.30. The largest absolute Gasteiger partial charge is 0.480 e. The second-order valence-corrected chi connectivity index (χ2v) is 10.8. The summed E-state index contributed by atoms with van der Waals surface area (Å²) < 4.78 is 11.1. The van der Waals surface area contributed by atoms with Crippen LogP contribution in [0, 0.1) is 0 Å². The van der Waals surface area contributed by atoms with Gasteiger partial charge in [0.15, 0.2) is 6.29 Å². The first kappa shape index (κ1) is 42.6. The normalized spacial score (nSPS) is 24.2. The molecule has 7 unspecified atom stereocenters. The lowest BCUT2D eigenvalue weighted by molar-refractivity contribution is -0.302. The molecule has 10 nitrogen and oxygen atoms in total. The number of aliphatic carboxylic acids is 1. The Hall–Kier alpha value is -4.42. The second-order valence-electron chi connectivity index (χ2n) is 10.8. The Morgan fingerprint density at radius 2 is 1.14 bits per heavy atom. The molecular formula is C39H52N2O8. The molecule has 266 valence electrons. The molecule has 0 aromatic heterocycles. The van der Waals surface area contributed by atoms with E-state index in [2.05, 4.69) is 5.32 Å². The van der Waals surface area contributed by atoms with E-state index in [4.69, 9.17) is 20.3 Å². The van der Waals surface area contributed by atoms with Gasteiger partial charge in [-0.3, -0.25) is 4.79 Å². The Labute approximate surface area is 290 Å². The predicted molar refractivity (Wildman–Crippen MR) is 195 cm³/mol. The van der Waals surface area contributed by atoms with Crippen LogP contribution in [0.5, 0.6) is 0 Å². The molecule has 0 radical (unpaired) electrons. The van der Waals surface area contributed by atoms with Gasteiger partial charge in [0.05, 0.1) is 12.2 Å². The SMILES string of the molecule is CC(C/C=C/C=C/C=C/C=C/C=C/C=C/C=C/C=C/C=C/C=C/C=C/C=C/C(=O)NC(CCCN)C(=O)O)OC1OC(C)C(O)C(O)C1O. The topological polar surface area (TPSA) is 172 Å². The smallest absolute Gasteiger partial charge is 0.326 e. The molecule has 1 amide bonds. The molecule has 0 bridgehead atoms. The Morgan fingerprint density at radius 3 is 1.57 bits per heavy atom. The number of hydrogen-bond acceptors (Lipinski definition) is 8. The van der Waals surface area contributed by atoms with Crippen molar-refractivity contribution in [2.75, 3.05) is 6.54 Å². The van der Waals surface area contributed by atoms with Crippen molar-refractivity contribution in [1.82, 2.24) is 5.32 Å². The lowest BCUT2D eigenvalue weighted by atomic mass is 10.00. The van der Waals surface area contributed by atoms with Crippen LogP contribution in [0.25, 0.3) is 0 Å². The summed E-state index contributed by atoms with van der Waals surface area (Å²) in [7, 11) is 0. The van der Waals surface area contributed by atoms with Gasteiger partial charge in [0.1, 0.15) is 24.4 Å². The lowest BCUT2D eigenvalue weighted by Crippen LogP contribution is -2.57. The highest BCUT2D eigenvalue weighted by atomic mass is 16.7. The lowest BCUT2D eigenvalue weighted by Gasteiger charge is -2.39. The van der Waals surface area contributed by atoms with Gasteiger partial charge in [-0.2, -0.15) is 0 Å². The van der Waals surface area contributed by atoms with Crippen LogP contribution in [0.2, 0.25) is 0 Å². The average Bonchev–Trinajstić information content (AvgIpc) is 3.07. The van der Waals surface area contributed by atoms with Crippen LogP contribution in [0.15, 0.2) is 146 Å². The molecule has 1 aliphatic heterocycles. The predicted octanol–water partition coefficient (Wildman–Crippen LogP) is 4.59. The van der Waals surface area contributed by atoms with Gasteiger partial charge in [0, 0.05) is 6.08 Å². The van der Waals surface area contributed by atoms with Gasteiger partial charge in [-0.15, -0.1) is 0 Å². The Bertz CT molecular complexity index is 1320. The highest BCUT2D eigenvalue weighted by Gasteiger charge is 2.42. The van der Waals surface area contributed by atoms with Crippen LogP contribution < -0.4 is 11.1 Å². The Kier molecular flexibility index (Phi) is 23.9. The summed E-state index contributed by atoms with van der Waals surface area (Å²) in [5.41, 5.74) is 5.39. The number of aliphatic hydroxyl groups is 3. The first-order valence-corrected chi connectivity index (χ1v) is 16.3. The van der Waals surface area contributed by atoms with E-state index >= 15 is 0 Å². The fraction of sp³-hybridized carbons (Fsp3) is 0.333. The zero-order valence-electron chi connectivity index (χ0n) is 28.2. The summed E-state index contributed by atoms with van der Waals surface area (Å²) in [6.45, 7) is 3.84. The summed E-state index contributed by atoms with van der Waals surface area (Å²) in [5.74, 6) is -1.54. The molecule has 10 heteroatoms. The first-order valence-electron chi connectivity index (χ1n) is 16.3. The second kappa shape index (κ2) is 27.5. The Balaban J connectivity index is 2.20. The molecule has 0 saturated carbocycles. The van der Waals surface area contributed by atoms with Crippen molar-refractivity contribution in [3.63, 3.8) is 0 Å². The molecule has 49 heavy (non-hydrogen) atoms. The number of ether oxygens (including phenoxy) is 2. The molecule has 0 aromatic carbocycles. The number of carbonyl (C=O) groups excluding carboxylic acids is 1. The number of carboxylic acids is 1. The fourth-order valence-electron chi connectivity index (χ4n) is 3.98. The van der Waals surface area contributed by atoms with Crippen molar-refractivity contribution in [1.29, 1.82) is 0 Å². The van der Waals surface area contributed by atoms with Crippen molar-refractivity contribution in [3.05, 3.63) is 146 Å². The number of aliphatic hydroxyl groups excluding tert-OH is 3. The van der Waals surface area contributed by atoms with Gasteiger partial charge in [-0.1, -0.05) is 140 Å². The average molecular weight is 677 g/mol. The van der Waals surface area contributed by atoms with Crippen LogP contribution >= 0.6 is 0 Å². The standard InChI is InChI=1S/C39H52N2O8/c1-31(48-39-37(45)36(44)35(43)32(2)49-39)27-24-22-20-18-16-14-12-10-8-6-4-3-5-7-9-11-13-15-17-19-21-23-25-29-34(42)41-33(38(46)47)28-26-30-40/h3-25,29,31-33,35-37,39,43-45H,26-28,30,40H2,1-2H3,(H,41,42)(H,46,47)/b4-3+,7-5+,8-6+,11-9+,12-10+,15-13+,16-14+,19-17+,20-18+,23-21+,24-22+,29-25+. The van der Waals surface area contributed by atoms with Gasteiger partial charge in [-0.25, -0.2) is 4.79 Å². The quantitative estimate of drug-likeness (QED) is 0.0752. The molecule has 7 atom stereocenters. The zero-order chi connectivity index (χ0) is 36.1. The van der Waals surface area contributed by atoms with Gasteiger partial charge < -0.3 is 41.0 Å². The molecule has 0 aliphatic carbocycles. The highest BCUT2D eigenvalue weighted by Crippen LogP contribution is 2.23. The number of amides is 1. The highest BCUT2D eigenvalue weighted by molar-refractivity contribution is 5.91. The third-order valence-electron chi connectivity index (χ3n) is 6.67. The van der Waals surface area contributed by atoms with E-state index in [1.807, 2.05) is 128 Å². The van der Waals surface area contributed by atoms with Crippen LogP contribution in [-0.4, -0.2) is 81.7 Å². The number of nitrogens with two attached hydrogens (primary N) is 1. The molecule has 7 N–H and O–H groups in total. The number of carbonyl (C=O) groups is 2. The van der Waals surface area contributed by atoms with Crippen LogP contribution in [0.4, 0.5) is 0 Å². The number of allylic oxidation sites excluding steroid dienone is 22. The molecule has 0 spiro atoms. The number of hydrogen-bond donors (Lipinski definition) is 6. The van der Waals surface area contributed by atoms with E-state index < -0.39 is 48.6 Å². The molecule has 0 aromatic rings. The fourth-order valence-corrected chi connectivity index (χ4v) is 3.98. The maximum Gasteiger partial charge on any atom is 0.326 e. The van der Waals surface area contributed by atoms with E-state index in [9.17, 15) is 24.9 Å². The molecule has 1 heterocycles. The van der Waals surface area contributed by atoms with Gasteiger partial charge in [0.25, 0.3) is 0 Å². The van der Waals surface area contributed by atoms with Crippen molar-refractivity contribution >= 4 is 11.9 Å². The number of nitrogens with one attached hydrogen (secondary N) is 1. The molecule has 1 rings (SSSR count). The van der Waals surface area contributed by atoms with Crippen molar-refractivity contribution in [3.8, 4) is 0 Å². The van der Waals surface area contributed by atoms with E-state index in [0.29, 0.717) is 25.8 Å². The van der Waals surface area contributed by atoms with Crippen LogP contribution in [0.1, 0.15) is 33.1 Å². The van der Waals surface area contributed by atoms with Crippen LogP contribution in [-0.2, 0) is 19.1 Å². The summed E-state index contributed by atoms with van der Waals surface area (Å²) in [4.78, 5) is 22.9. The summed E-state index contributed by atoms with van der Waals surface area (Å²) >= 11 is 0. The van der Waals surface area contributed by atoms with E-state index in [1.54, 1.807) is 25.2 Å². The van der Waals surface area contributed by atoms with Crippen molar-refractivity contribution < 1.29 is 39.5 Å². The third-order valence-corrected chi connectivity index (χ3v) is 6.67. The number of rotatable bonds is 21. The van der Waals surface area contributed by atoms with Crippen molar-refractivity contribution in [2.24, 2.45) is 5.73 Å². The first-order chi connectivity index (χ1) is 23.7. The summed E-state index contributed by atoms with van der Waals surface area (Å²) in [5, 5.41) is 41.2. The van der Waals surface area contributed by atoms with Crippen LogP contribution in [0.3, 0.4) is 0 Å². The summed E-state index contributed by atoms with van der Waals surface area (Å²) in [6.07, 6.45) is 40.1. The van der Waals surface area contributed by atoms with E-state index in [-0.39, 0.29) is 6.10 Å². The Morgan fingerprint density at radius 1 is 0.714 bits per heavy atom. The van der Waals surface area contributed by atoms with Gasteiger partial charge >= 0.3 is 5.97 Å². The molecule has 1 fully saturated rings. The van der Waals surface area contributed by atoms with E-state index in [0.717, 1.165) is 0 Å². The molecular weight excluding hydrogens is 624 g/mol. The third kappa shape index (κ3) is 21.2. The van der Waals surface area contributed by atoms with Crippen molar-refractivity contribution in [2.45, 2.75) is 76.0 Å². The van der Waals surface area contributed by atoms with Gasteiger partial charge in [0.2, 0.25) is 5.91 Å². The maximum atomic E-state index is 11.8. The monoisotopic (exact) mass is 676 g/mol.